The minimum atomic E-state index is -0.608. The van der Waals surface area contributed by atoms with E-state index < -0.39 is 11.6 Å². The second-order valence-electron chi connectivity index (χ2n) is 7.51. The van der Waals surface area contributed by atoms with Crippen molar-refractivity contribution < 1.29 is 14.4 Å². The molecule has 1 aliphatic rings. The summed E-state index contributed by atoms with van der Waals surface area (Å²) in [7, 11) is 0. The van der Waals surface area contributed by atoms with Crippen molar-refractivity contribution in [2.24, 2.45) is 0 Å². The molecule has 140 valence electrons. The van der Waals surface area contributed by atoms with Crippen molar-refractivity contribution >= 4 is 29.2 Å². The number of carbonyl (C=O) groups excluding carboxylic acids is 3. The number of benzene rings is 2. The molecule has 2 N–H and O–H groups in total. The van der Waals surface area contributed by atoms with Gasteiger partial charge in [0, 0.05) is 16.9 Å². The molecular formula is C21H23N3O3. The summed E-state index contributed by atoms with van der Waals surface area (Å²) < 4.78 is 0. The van der Waals surface area contributed by atoms with Crippen LogP contribution in [0.4, 0.5) is 16.2 Å². The van der Waals surface area contributed by atoms with Gasteiger partial charge < -0.3 is 10.6 Å². The van der Waals surface area contributed by atoms with E-state index in [-0.39, 0.29) is 11.8 Å². The normalized spacial score (nSPS) is 13.6. The van der Waals surface area contributed by atoms with E-state index >= 15 is 0 Å². The van der Waals surface area contributed by atoms with Crippen LogP contribution in [0.1, 0.15) is 54.0 Å². The highest BCUT2D eigenvalue weighted by Gasteiger charge is 2.41. The van der Waals surface area contributed by atoms with Gasteiger partial charge in [-0.15, -0.1) is 0 Å². The molecule has 0 saturated carbocycles. The van der Waals surface area contributed by atoms with Crippen molar-refractivity contribution in [2.75, 3.05) is 10.6 Å². The first-order valence-electron chi connectivity index (χ1n) is 8.90. The summed E-state index contributed by atoms with van der Waals surface area (Å²) in [6.07, 6.45) is 0.930. The molecule has 2 aromatic carbocycles. The van der Waals surface area contributed by atoms with Gasteiger partial charge >= 0.3 is 6.03 Å². The Kier molecular flexibility index (Phi) is 4.74. The van der Waals surface area contributed by atoms with Crippen molar-refractivity contribution in [1.82, 2.24) is 4.90 Å². The fourth-order valence-corrected chi connectivity index (χ4v) is 3.05. The second-order valence-corrected chi connectivity index (χ2v) is 7.51. The van der Waals surface area contributed by atoms with E-state index in [2.05, 4.69) is 17.6 Å². The van der Waals surface area contributed by atoms with Crippen LogP contribution >= 0.6 is 0 Å². The molecule has 0 fully saturated rings. The van der Waals surface area contributed by atoms with E-state index in [1.807, 2.05) is 45.0 Å². The highest BCUT2D eigenvalue weighted by molar-refractivity contribution is 6.22. The van der Waals surface area contributed by atoms with Crippen molar-refractivity contribution in [3.63, 3.8) is 0 Å². The van der Waals surface area contributed by atoms with Gasteiger partial charge in [0.1, 0.15) is 0 Å². The van der Waals surface area contributed by atoms with Gasteiger partial charge in [0.05, 0.1) is 11.1 Å². The predicted molar refractivity (Wildman–Crippen MR) is 105 cm³/mol. The average Bonchev–Trinajstić information content (AvgIpc) is 2.86. The van der Waals surface area contributed by atoms with Crippen LogP contribution in [0.15, 0.2) is 42.5 Å². The molecule has 0 spiro atoms. The fourth-order valence-electron chi connectivity index (χ4n) is 3.05. The van der Waals surface area contributed by atoms with Crippen LogP contribution in [-0.2, 0) is 6.42 Å². The lowest BCUT2D eigenvalue weighted by Crippen LogP contribution is -2.45. The Balaban J connectivity index is 1.74. The summed E-state index contributed by atoms with van der Waals surface area (Å²) in [5.41, 5.74) is 2.37. The molecule has 0 radical (unpaired) electrons. The Morgan fingerprint density at radius 1 is 0.889 bits per heavy atom. The first-order chi connectivity index (χ1) is 12.7. The largest absolute Gasteiger partial charge is 0.323 e. The lowest BCUT2D eigenvalue weighted by atomic mass is 10.1. The third-order valence-corrected chi connectivity index (χ3v) is 4.44. The van der Waals surface area contributed by atoms with Gasteiger partial charge in [-0.3, -0.25) is 14.5 Å². The van der Waals surface area contributed by atoms with Crippen molar-refractivity contribution in [1.29, 1.82) is 0 Å². The molecule has 0 saturated heterocycles. The SMILES string of the molecule is CCc1ccc(NC(=O)Nc2ccc3c(c2)C(=O)N(C(C)(C)C)C3=O)cc1. The minimum absolute atomic E-state index is 0.306. The fraction of sp³-hybridized carbons (Fsp3) is 0.286. The monoisotopic (exact) mass is 365 g/mol. The molecule has 0 atom stereocenters. The van der Waals surface area contributed by atoms with Crippen molar-refractivity contribution in [2.45, 2.75) is 39.7 Å². The van der Waals surface area contributed by atoms with Gasteiger partial charge in [-0.25, -0.2) is 4.79 Å². The van der Waals surface area contributed by atoms with Gasteiger partial charge in [-0.05, 0) is 63.1 Å². The summed E-state index contributed by atoms with van der Waals surface area (Å²) in [5.74, 6) is -0.656. The Labute approximate surface area is 158 Å². The van der Waals surface area contributed by atoms with E-state index in [0.717, 1.165) is 6.42 Å². The highest BCUT2D eigenvalue weighted by atomic mass is 16.2. The Bertz CT molecular complexity index is 911. The van der Waals surface area contributed by atoms with Gasteiger partial charge in [0.15, 0.2) is 0 Å². The van der Waals surface area contributed by atoms with Gasteiger partial charge in [-0.2, -0.15) is 0 Å². The predicted octanol–water partition coefficient (Wildman–Crippen LogP) is 4.29. The molecule has 1 aliphatic heterocycles. The summed E-state index contributed by atoms with van der Waals surface area (Å²) in [4.78, 5) is 38.6. The Morgan fingerprint density at radius 2 is 1.44 bits per heavy atom. The molecule has 3 rings (SSSR count). The number of carbonyl (C=O) groups is 3. The van der Waals surface area contributed by atoms with E-state index in [9.17, 15) is 14.4 Å². The molecule has 1 heterocycles. The number of nitrogens with zero attached hydrogens (tertiary/aromatic N) is 1. The molecular weight excluding hydrogens is 342 g/mol. The number of amides is 4. The number of rotatable bonds is 3. The summed E-state index contributed by atoms with van der Waals surface area (Å²) >= 11 is 0. The highest BCUT2D eigenvalue weighted by Crippen LogP contribution is 2.31. The average molecular weight is 365 g/mol. The molecule has 0 aromatic heterocycles. The number of hydrogen-bond donors (Lipinski definition) is 2. The second kappa shape index (κ2) is 6.87. The van der Waals surface area contributed by atoms with Gasteiger partial charge in [0.2, 0.25) is 0 Å². The number of anilines is 2. The smallest absolute Gasteiger partial charge is 0.308 e. The molecule has 0 aliphatic carbocycles. The standard InChI is InChI=1S/C21H23N3O3/c1-5-13-6-8-14(9-7-13)22-20(27)23-15-10-11-16-17(12-15)19(26)24(18(16)25)21(2,3)4/h6-12H,5H2,1-4H3,(H2,22,23,27). The first-order valence-corrected chi connectivity index (χ1v) is 8.90. The maximum Gasteiger partial charge on any atom is 0.323 e. The molecule has 6 nitrogen and oxygen atoms in total. The third-order valence-electron chi connectivity index (χ3n) is 4.44. The zero-order valence-electron chi connectivity index (χ0n) is 15.9. The van der Waals surface area contributed by atoms with Crippen LogP contribution in [0, 0.1) is 0 Å². The molecule has 0 unspecified atom stereocenters. The van der Waals surface area contributed by atoms with E-state index in [1.165, 1.54) is 10.5 Å². The van der Waals surface area contributed by atoms with E-state index in [1.54, 1.807) is 18.2 Å². The van der Waals surface area contributed by atoms with Crippen LogP contribution in [0.25, 0.3) is 0 Å². The summed E-state index contributed by atoms with van der Waals surface area (Å²) in [5, 5.41) is 5.46. The van der Waals surface area contributed by atoms with Crippen LogP contribution in [0.5, 0.6) is 0 Å². The summed E-state index contributed by atoms with van der Waals surface area (Å²) in [6.45, 7) is 7.50. The molecule has 6 heteroatoms. The molecule has 2 aromatic rings. The maximum atomic E-state index is 12.6. The van der Waals surface area contributed by atoms with E-state index in [0.29, 0.717) is 22.5 Å². The third kappa shape index (κ3) is 3.69. The zero-order valence-corrected chi connectivity index (χ0v) is 15.9. The summed E-state index contributed by atoms with van der Waals surface area (Å²) in [6, 6.07) is 11.9. The number of nitrogens with one attached hydrogen (secondary N) is 2. The number of aryl methyl sites for hydroxylation is 1. The van der Waals surface area contributed by atoms with Crippen LogP contribution < -0.4 is 10.6 Å². The lowest BCUT2D eigenvalue weighted by Gasteiger charge is -2.29. The van der Waals surface area contributed by atoms with Crippen molar-refractivity contribution in [3.8, 4) is 0 Å². The Hall–Kier alpha value is -3.15. The van der Waals surface area contributed by atoms with Crippen LogP contribution in [0.2, 0.25) is 0 Å². The first kappa shape index (κ1) is 18.6. The van der Waals surface area contributed by atoms with E-state index in [4.69, 9.17) is 0 Å². The lowest BCUT2D eigenvalue weighted by molar-refractivity contribution is 0.0507. The van der Waals surface area contributed by atoms with Gasteiger partial charge in [0.25, 0.3) is 11.8 Å². The zero-order chi connectivity index (χ0) is 19.8. The number of urea groups is 1. The van der Waals surface area contributed by atoms with Crippen LogP contribution in [-0.4, -0.2) is 28.3 Å². The number of imide groups is 1. The Morgan fingerprint density at radius 3 is 2.04 bits per heavy atom. The number of fused-ring (bicyclic) bond motifs is 1. The van der Waals surface area contributed by atoms with Crippen molar-refractivity contribution in [3.05, 3.63) is 59.2 Å². The molecule has 0 bridgehead atoms. The number of hydrogen-bond acceptors (Lipinski definition) is 3. The van der Waals surface area contributed by atoms with Crippen LogP contribution in [0.3, 0.4) is 0 Å². The maximum absolute atomic E-state index is 12.6. The van der Waals surface area contributed by atoms with Gasteiger partial charge in [-0.1, -0.05) is 19.1 Å². The topological polar surface area (TPSA) is 78.5 Å². The quantitative estimate of drug-likeness (QED) is 0.797. The molecule has 4 amide bonds. The minimum Gasteiger partial charge on any atom is -0.308 e. The molecule has 27 heavy (non-hydrogen) atoms.